The molecule has 0 heterocycles. The quantitative estimate of drug-likeness (QED) is 0.0222. The molecule has 85 heavy (non-hydrogen) atoms. The molecule has 0 saturated heterocycles. The number of phosphoric ester groups is 2. The Labute approximate surface area is 517 Å². The molecule has 0 bridgehead atoms. The summed E-state index contributed by atoms with van der Waals surface area (Å²) in [4.78, 5) is 72.3. The molecule has 0 aromatic rings. The molecule has 0 aromatic heterocycles. The smallest absolute Gasteiger partial charge is 0.462 e. The minimum absolute atomic E-state index is 0.102. The van der Waals surface area contributed by atoms with Gasteiger partial charge in [0.15, 0.2) is 12.2 Å². The molecule has 19 heteroatoms. The maximum Gasteiger partial charge on any atom is 0.472 e. The number of carbonyl (C=O) groups excluding carboxylic acids is 4. The second-order valence-corrected chi connectivity index (χ2v) is 28.2. The molecule has 4 unspecified atom stereocenters. The molecule has 0 fully saturated rings. The van der Waals surface area contributed by atoms with E-state index in [9.17, 15) is 43.2 Å². The molecule has 0 amide bonds. The molecule has 7 atom stereocenters. The van der Waals surface area contributed by atoms with Gasteiger partial charge in [0, 0.05) is 25.7 Å². The number of hydrogen-bond donors (Lipinski definition) is 3. The Kier molecular flexibility index (Phi) is 54.8. The molecule has 0 aliphatic rings. The van der Waals surface area contributed by atoms with E-state index in [1.165, 1.54) is 116 Å². The highest BCUT2D eigenvalue weighted by atomic mass is 31.2. The Bertz CT molecular complexity index is 1700. The first-order valence-electron chi connectivity index (χ1n) is 34.3. The van der Waals surface area contributed by atoms with Crippen LogP contribution < -0.4 is 0 Å². The van der Waals surface area contributed by atoms with Gasteiger partial charge in [-0.05, 0) is 49.4 Å². The van der Waals surface area contributed by atoms with Crippen molar-refractivity contribution in [1.82, 2.24) is 0 Å². The number of aliphatic hydroxyl groups is 1. The highest BCUT2D eigenvalue weighted by Crippen LogP contribution is 2.45. The van der Waals surface area contributed by atoms with Gasteiger partial charge in [0.25, 0.3) is 0 Å². The van der Waals surface area contributed by atoms with Crippen LogP contribution in [0.15, 0.2) is 0 Å². The number of hydrogen-bond acceptors (Lipinski definition) is 15. The van der Waals surface area contributed by atoms with E-state index in [1.54, 1.807) is 0 Å². The van der Waals surface area contributed by atoms with Crippen LogP contribution in [0.1, 0.15) is 319 Å². The molecular weight excluding hydrogens is 1130 g/mol. The molecule has 0 spiro atoms. The van der Waals surface area contributed by atoms with Crippen molar-refractivity contribution in [3.8, 4) is 0 Å². The first-order valence-corrected chi connectivity index (χ1v) is 37.3. The van der Waals surface area contributed by atoms with Crippen LogP contribution in [0.4, 0.5) is 0 Å². The lowest BCUT2D eigenvalue weighted by atomic mass is 9.99. The summed E-state index contributed by atoms with van der Waals surface area (Å²) in [6.45, 7) is 14.0. The molecule has 17 nitrogen and oxygen atoms in total. The monoisotopic (exact) mass is 1250 g/mol. The first-order chi connectivity index (χ1) is 40.7. The third kappa shape index (κ3) is 58.2. The van der Waals surface area contributed by atoms with Crippen LogP contribution in [-0.4, -0.2) is 96.7 Å². The highest BCUT2D eigenvalue weighted by Gasteiger charge is 2.30. The standard InChI is InChI=1S/C66H128O17P2/c1-9-58(7)44-36-28-19-13-11-12-14-22-32-40-48-65(70)82-62(53-77-64(69)47-39-31-25-24-27-35-43-57(5)6)55-81-85(74,75)79-51-60(67)50-78-84(72,73)80-54-61(83-66(71)49-41-33-23-17-18-26-34-42-56(3)4)52-76-63(68)46-38-30-21-16-15-20-29-37-45-59(8)10-2/h56-62,67H,9-55H2,1-8H3,(H,72,73)(H,74,75)/t58?,59?,60-,61-,62-/m1/s1. The predicted molar refractivity (Wildman–Crippen MR) is 340 cm³/mol. The van der Waals surface area contributed by atoms with E-state index in [0.717, 1.165) is 108 Å². The molecule has 0 aliphatic carbocycles. The van der Waals surface area contributed by atoms with E-state index in [0.29, 0.717) is 37.5 Å². The van der Waals surface area contributed by atoms with E-state index in [2.05, 4.69) is 55.4 Å². The van der Waals surface area contributed by atoms with Crippen molar-refractivity contribution >= 4 is 39.5 Å². The number of ether oxygens (including phenoxy) is 4. The third-order valence-electron chi connectivity index (χ3n) is 15.8. The molecule has 3 N–H and O–H groups in total. The summed E-state index contributed by atoms with van der Waals surface area (Å²) in [7, 11) is -9.89. The fourth-order valence-electron chi connectivity index (χ4n) is 9.72. The van der Waals surface area contributed by atoms with E-state index in [1.807, 2.05) is 0 Å². The summed E-state index contributed by atoms with van der Waals surface area (Å²) in [5.41, 5.74) is 0. The van der Waals surface area contributed by atoms with Crippen LogP contribution >= 0.6 is 15.6 Å². The van der Waals surface area contributed by atoms with Gasteiger partial charge in [-0.1, -0.05) is 267 Å². The van der Waals surface area contributed by atoms with Gasteiger partial charge in [-0.15, -0.1) is 0 Å². The van der Waals surface area contributed by atoms with E-state index in [-0.39, 0.29) is 25.7 Å². The van der Waals surface area contributed by atoms with E-state index < -0.39 is 97.5 Å². The number of rotatable bonds is 63. The number of esters is 4. The molecule has 0 aliphatic heterocycles. The molecule has 0 radical (unpaired) electrons. The molecule has 0 aromatic carbocycles. The number of carbonyl (C=O) groups is 4. The van der Waals surface area contributed by atoms with Gasteiger partial charge in [0.2, 0.25) is 0 Å². The van der Waals surface area contributed by atoms with Crippen LogP contribution in [0.2, 0.25) is 0 Å². The fourth-order valence-corrected chi connectivity index (χ4v) is 11.3. The van der Waals surface area contributed by atoms with E-state index >= 15 is 0 Å². The average molecular weight is 1260 g/mol. The van der Waals surface area contributed by atoms with Crippen molar-refractivity contribution in [2.75, 3.05) is 39.6 Å². The first kappa shape index (κ1) is 83.1. The summed E-state index contributed by atoms with van der Waals surface area (Å²) >= 11 is 0. The van der Waals surface area contributed by atoms with E-state index in [4.69, 9.17) is 37.0 Å². The van der Waals surface area contributed by atoms with Gasteiger partial charge in [-0.25, -0.2) is 9.13 Å². The minimum Gasteiger partial charge on any atom is -0.462 e. The zero-order valence-electron chi connectivity index (χ0n) is 55.2. The Morgan fingerprint density at radius 1 is 0.329 bits per heavy atom. The van der Waals surface area contributed by atoms with Crippen molar-refractivity contribution in [1.29, 1.82) is 0 Å². The normalized spacial score (nSPS) is 15.0. The van der Waals surface area contributed by atoms with Crippen LogP contribution in [0, 0.1) is 23.7 Å². The van der Waals surface area contributed by atoms with Crippen LogP contribution in [0.25, 0.3) is 0 Å². The summed E-state index contributed by atoms with van der Waals surface area (Å²) in [6.07, 6.45) is 36.3. The molecule has 0 rings (SSSR count). The number of aliphatic hydroxyl groups excluding tert-OH is 1. The van der Waals surface area contributed by atoms with Gasteiger partial charge in [-0.2, -0.15) is 0 Å². The molecular formula is C66H128O17P2. The second kappa shape index (κ2) is 56.1. The average Bonchev–Trinajstić information content (AvgIpc) is 3.63. The summed E-state index contributed by atoms with van der Waals surface area (Å²) < 4.78 is 68.1. The maximum absolute atomic E-state index is 13.0. The summed E-state index contributed by atoms with van der Waals surface area (Å²) in [5, 5.41) is 10.5. The van der Waals surface area contributed by atoms with Crippen LogP contribution in [0.5, 0.6) is 0 Å². The number of unbranched alkanes of at least 4 members (excludes halogenated alkanes) is 27. The summed E-state index contributed by atoms with van der Waals surface area (Å²) in [5.74, 6) is 0.817. The second-order valence-electron chi connectivity index (χ2n) is 25.3. The van der Waals surface area contributed by atoms with Gasteiger partial charge in [0.05, 0.1) is 26.4 Å². The zero-order valence-corrected chi connectivity index (χ0v) is 57.0. The molecule has 504 valence electrons. The predicted octanol–water partition coefficient (Wildman–Crippen LogP) is 18.1. The maximum atomic E-state index is 13.0. The van der Waals surface area contributed by atoms with Crippen LogP contribution in [-0.2, 0) is 65.4 Å². The Morgan fingerprint density at radius 3 is 0.835 bits per heavy atom. The number of phosphoric acid groups is 2. The van der Waals surface area contributed by atoms with Gasteiger partial charge in [0.1, 0.15) is 19.3 Å². The Morgan fingerprint density at radius 2 is 0.565 bits per heavy atom. The lowest BCUT2D eigenvalue weighted by Crippen LogP contribution is -2.30. The zero-order chi connectivity index (χ0) is 63.2. The minimum atomic E-state index is -4.95. The topological polar surface area (TPSA) is 237 Å². The molecule has 0 saturated carbocycles. The highest BCUT2D eigenvalue weighted by molar-refractivity contribution is 7.47. The largest absolute Gasteiger partial charge is 0.472 e. The van der Waals surface area contributed by atoms with Gasteiger partial charge in [-0.3, -0.25) is 37.3 Å². The van der Waals surface area contributed by atoms with Crippen LogP contribution in [0.3, 0.4) is 0 Å². The fraction of sp³-hybridized carbons (Fsp3) is 0.939. The third-order valence-corrected chi connectivity index (χ3v) is 17.7. The SMILES string of the molecule is CCC(C)CCCCCCCCCCCCC(=O)O[C@H](COC(=O)CCCCCCCCC(C)C)COP(=O)(O)OC[C@H](O)COP(=O)(O)OC[C@@H](COC(=O)CCCCCCCCCCC(C)CC)OC(=O)CCCCCCCCCC(C)C. The lowest BCUT2D eigenvalue weighted by Gasteiger charge is -2.21. The van der Waals surface area contributed by atoms with Gasteiger partial charge < -0.3 is 33.8 Å². The van der Waals surface area contributed by atoms with Crippen molar-refractivity contribution in [2.24, 2.45) is 23.7 Å². The Balaban J connectivity index is 5.25. The van der Waals surface area contributed by atoms with Gasteiger partial charge >= 0.3 is 39.5 Å². The Hall–Kier alpha value is -1.94. The lowest BCUT2D eigenvalue weighted by molar-refractivity contribution is -0.161. The van der Waals surface area contributed by atoms with Crippen molar-refractivity contribution in [3.63, 3.8) is 0 Å². The summed E-state index contributed by atoms with van der Waals surface area (Å²) in [6, 6.07) is 0. The van der Waals surface area contributed by atoms with Crippen molar-refractivity contribution in [2.45, 2.75) is 337 Å². The van der Waals surface area contributed by atoms with Crippen molar-refractivity contribution in [3.05, 3.63) is 0 Å². The van der Waals surface area contributed by atoms with Crippen molar-refractivity contribution < 1.29 is 80.2 Å².